The number of Topliss-reactive ketones (excluding diaryl/α,β-unsaturated/α-hetero) is 1. The predicted molar refractivity (Wildman–Crippen MR) is 97.1 cm³/mol. The van der Waals surface area contributed by atoms with E-state index in [0.717, 1.165) is 17.7 Å². The first-order valence-corrected chi connectivity index (χ1v) is 8.51. The van der Waals surface area contributed by atoms with E-state index in [1.165, 1.54) is 5.56 Å². The van der Waals surface area contributed by atoms with Crippen molar-refractivity contribution in [2.45, 2.75) is 25.2 Å². The zero-order chi connectivity index (χ0) is 18.0. The standard InChI is InChI=1S/C21H23NO3/c1-13(23)18-12-19(14-4-6-16(7-5-14)21(24)22-2)20(18)15-8-10-17(25-3)11-9-15/h4-11,18-20H,12H2,1-3H3,(H,22,24)/t18-,19?,20-/m1/s1. The van der Waals surface area contributed by atoms with Crippen LogP contribution < -0.4 is 10.1 Å². The molecule has 3 atom stereocenters. The molecule has 4 heteroatoms. The fourth-order valence-electron chi connectivity index (χ4n) is 3.73. The number of nitrogens with one attached hydrogen (secondary N) is 1. The molecule has 1 fully saturated rings. The van der Waals surface area contributed by atoms with Crippen LogP contribution in [0.15, 0.2) is 48.5 Å². The minimum absolute atomic E-state index is 0.0528. The number of ketones is 1. The van der Waals surface area contributed by atoms with Crippen molar-refractivity contribution >= 4 is 11.7 Å². The average molecular weight is 337 g/mol. The van der Waals surface area contributed by atoms with Crippen LogP contribution in [0, 0.1) is 5.92 Å². The molecule has 0 aromatic heterocycles. The first-order chi connectivity index (χ1) is 12.0. The molecule has 1 saturated carbocycles. The summed E-state index contributed by atoms with van der Waals surface area (Å²) in [4.78, 5) is 23.7. The monoisotopic (exact) mass is 337 g/mol. The first kappa shape index (κ1) is 17.2. The number of hydrogen-bond acceptors (Lipinski definition) is 3. The second-order valence-electron chi connectivity index (χ2n) is 6.56. The second-order valence-corrected chi connectivity index (χ2v) is 6.56. The van der Waals surface area contributed by atoms with Gasteiger partial charge in [-0.2, -0.15) is 0 Å². The molecule has 25 heavy (non-hydrogen) atoms. The molecule has 1 amide bonds. The molecule has 0 saturated heterocycles. The summed E-state index contributed by atoms with van der Waals surface area (Å²) in [6, 6.07) is 15.7. The Balaban J connectivity index is 1.87. The van der Waals surface area contributed by atoms with Gasteiger partial charge in [0.05, 0.1) is 7.11 Å². The van der Waals surface area contributed by atoms with E-state index in [1.54, 1.807) is 21.1 Å². The smallest absolute Gasteiger partial charge is 0.251 e. The lowest BCUT2D eigenvalue weighted by atomic mass is 9.58. The van der Waals surface area contributed by atoms with Gasteiger partial charge in [0.25, 0.3) is 5.91 Å². The zero-order valence-corrected chi connectivity index (χ0v) is 14.8. The number of methoxy groups -OCH3 is 1. The van der Waals surface area contributed by atoms with Crippen LogP contribution in [0.3, 0.4) is 0 Å². The van der Waals surface area contributed by atoms with Gasteiger partial charge < -0.3 is 10.1 Å². The Morgan fingerprint density at radius 1 is 1.00 bits per heavy atom. The molecule has 2 aromatic carbocycles. The molecule has 2 aromatic rings. The van der Waals surface area contributed by atoms with Crippen molar-refractivity contribution in [3.8, 4) is 5.75 Å². The summed E-state index contributed by atoms with van der Waals surface area (Å²) in [5.41, 5.74) is 2.98. The van der Waals surface area contributed by atoms with Gasteiger partial charge in [-0.05, 0) is 54.7 Å². The van der Waals surface area contributed by atoms with Gasteiger partial charge in [0.1, 0.15) is 11.5 Å². The average Bonchev–Trinajstić information content (AvgIpc) is 2.61. The molecule has 0 bridgehead atoms. The summed E-state index contributed by atoms with van der Waals surface area (Å²) >= 11 is 0. The van der Waals surface area contributed by atoms with Crippen LogP contribution >= 0.6 is 0 Å². The van der Waals surface area contributed by atoms with E-state index in [9.17, 15) is 9.59 Å². The van der Waals surface area contributed by atoms with Crippen molar-refractivity contribution in [2.75, 3.05) is 14.2 Å². The molecule has 4 nitrogen and oxygen atoms in total. The van der Waals surface area contributed by atoms with Crippen molar-refractivity contribution in [2.24, 2.45) is 5.92 Å². The van der Waals surface area contributed by atoms with Crippen molar-refractivity contribution in [1.82, 2.24) is 5.32 Å². The lowest BCUT2D eigenvalue weighted by Gasteiger charge is -2.44. The maximum Gasteiger partial charge on any atom is 0.251 e. The highest BCUT2D eigenvalue weighted by molar-refractivity contribution is 5.94. The number of amides is 1. The highest BCUT2D eigenvalue weighted by Gasteiger charge is 2.44. The number of benzene rings is 2. The summed E-state index contributed by atoms with van der Waals surface area (Å²) in [7, 11) is 3.27. The largest absolute Gasteiger partial charge is 0.497 e. The van der Waals surface area contributed by atoms with E-state index in [2.05, 4.69) is 5.32 Å². The van der Waals surface area contributed by atoms with Crippen LogP contribution in [0.2, 0.25) is 0 Å². The normalized spacial score (nSPS) is 22.0. The van der Waals surface area contributed by atoms with Gasteiger partial charge >= 0.3 is 0 Å². The third-order valence-corrected chi connectivity index (χ3v) is 5.23. The Kier molecular flexibility index (Phi) is 4.88. The lowest BCUT2D eigenvalue weighted by Crippen LogP contribution is -2.37. The Hall–Kier alpha value is -2.62. The van der Waals surface area contributed by atoms with Gasteiger partial charge in [0.2, 0.25) is 0 Å². The minimum atomic E-state index is -0.0894. The lowest BCUT2D eigenvalue weighted by molar-refractivity contribution is -0.124. The van der Waals surface area contributed by atoms with Gasteiger partial charge in [-0.1, -0.05) is 24.3 Å². The maximum absolute atomic E-state index is 12.0. The quantitative estimate of drug-likeness (QED) is 0.908. The van der Waals surface area contributed by atoms with Gasteiger partial charge in [-0.3, -0.25) is 9.59 Å². The van der Waals surface area contributed by atoms with Crippen LogP contribution in [-0.4, -0.2) is 25.8 Å². The molecule has 130 valence electrons. The summed E-state index contributed by atoms with van der Waals surface area (Å²) in [6.07, 6.45) is 0.853. The zero-order valence-electron chi connectivity index (χ0n) is 14.8. The maximum atomic E-state index is 12.0. The topological polar surface area (TPSA) is 55.4 Å². The molecule has 1 unspecified atom stereocenters. The molecule has 0 radical (unpaired) electrons. The highest BCUT2D eigenvalue weighted by Crippen LogP contribution is 2.53. The Morgan fingerprint density at radius 2 is 1.60 bits per heavy atom. The summed E-state index contributed by atoms with van der Waals surface area (Å²) < 4.78 is 5.23. The molecule has 3 rings (SSSR count). The van der Waals surface area contributed by atoms with E-state index in [1.807, 2.05) is 48.5 Å². The Labute approximate surface area is 148 Å². The second kappa shape index (κ2) is 7.09. The van der Waals surface area contributed by atoms with Crippen LogP contribution in [0.4, 0.5) is 0 Å². The van der Waals surface area contributed by atoms with Crippen molar-refractivity contribution in [3.63, 3.8) is 0 Å². The van der Waals surface area contributed by atoms with Crippen LogP contribution in [0.5, 0.6) is 5.75 Å². The van der Waals surface area contributed by atoms with E-state index in [-0.39, 0.29) is 23.5 Å². The number of hydrogen-bond donors (Lipinski definition) is 1. The minimum Gasteiger partial charge on any atom is -0.497 e. The number of rotatable bonds is 5. The van der Waals surface area contributed by atoms with Crippen molar-refractivity contribution in [3.05, 3.63) is 65.2 Å². The molecule has 1 N–H and O–H groups in total. The number of carbonyl (C=O) groups excluding carboxylic acids is 2. The van der Waals surface area contributed by atoms with Gasteiger partial charge in [-0.15, -0.1) is 0 Å². The molecular formula is C21H23NO3. The summed E-state index contributed by atoms with van der Waals surface area (Å²) in [6.45, 7) is 1.67. The molecule has 0 heterocycles. The fraction of sp³-hybridized carbons (Fsp3) is 0.333. The van der Waals surface area contributed by atoms with Crippen LogP contribution in [-0.2, 0) is 4.79 Å². The SMILES string of the molecule is CNC(=O)c1ccc(C2C[C@H](C(C)=O)[C@H]2c2ccc(OC)cc2)cc1. The molecule has 0 spiro atoms. The predicted octanol–water partition coefficient (Wildman–Crippen LogP) is 3.53. The van der Waals surface area contributed by atoms with Gasteiger partial charge in [0.15, 0.2) is 0 Å². The molecular weight excluding hydrogens is 314 g/mol. The van der Waals surface area contributed by atoms with E-state index < -0.39 is 0 Å². The van der Waals surface area contributed by atoms with E-state index in [4.69, 9.17) is 4.74 Å². The van der Waals surface area contributed by atoms with E-state index in [0.29, 0.717) is 11.5 Å². The van der Waals surface area contributed by atoms with Crippen LogP contribution in [0.1, 0.15) is 46.7 Å². The van der Waals surface area contributed by atoms with Crippen LogP contribution in [0.25, 0.3) is 0 Å². The Morgan fingerprint density at radius 3 is 2.12 bits per heavy atom. The molecule has 1 aliphatic rings. The van der Waals surface area contributed by atoms with Crippen molar-refractivity contribution in [1.29, 1.82) is 0 Å². The third-order valence-electron chi connectivity index (χ3n) is 5.23. The third kappa shape index (κ3) is 3.29. The van der Waals surface area contributed by atoms with Gasteiger partial charge in [0, 0.05) is 24.4 Å². The van der Waals surface area contributed by atoms with Crippen molar-refractivity contribution < 1.29 is 14.3 Å². The first-order valence-electron chi connectivity index (χ1n) is 8.51. The number of ether oxygens (including phenoxy) is 1. The Bertz CT molecular complexity index is 765. The summed E-state index contributed by atoms with van der Waals surface area (Å²) in [5.74, 6) is 1.48. The molecule has 1 aliphatic carbocycles. The fourth-order valence-corrected chi connectivity index (χ4v) is 3.73. The van der Waals surface area contributed by atoms with E-state index >= 15 is 0 Å². The molecule has 0 aliphatic heterocycles. The highest BCUT2D eigenvalue weighted by atomic mass is 16.5. The number of carbonyl (C=O) groups is 2. The summed E-state index contributed by atoms with van der Waals surface area (Å²) in [5, 5.41) is 2.63. The van der Waals surface area contributed by atoms with Gasteiger partial charge in [-0.25, -0.2) is 0 Å².